The molecule has 0 radical (unpaired) electrons. The Morgan fingerprint density at radius 2 is 2.00 bits per heavy atom. The van der Waals surface area contributed by atoms with Gasteiger partial charge in [0.1, 0.15) is 0 Å². The maximum Gasteiger partial charge on any atom is 0.175 e. The number of hydrogen-bond acceptors (Lipinski definition) is 2. The lowest BCUT2D eigenvalue weighted by Gasteiger charge is -2.12. The summed E-state index contributed by atoms with van der Waals surface area (Å²) in [5, 5.41) is 12.0. The highest BCUT2D eigenvalue weighted by molar-refractivity contribution is 7.80. The fourth-order valence-electron chi connectivity index (χ4n) is 2.05. The Balaban J connectivity index is 2.16. The molecule has 0 aliphatic heterocycles. The zero-order chi connectivity index (χ0) is 15.6. The number of aryl methyl sites for hydroxylation is 2. The SMILES string of the molecule is CCn1nc(C)c(NC(=S)Nc2cccc(Cl)c2Cl)c1C. The molecule has 0 fully saturated rings. The molecule has 0 amide bonds. The van der Waals surface area contributed by atoms with E-state index in [0.29, 0.717) is 20.8 Å². The minimum absolute atomic E-state index is 0.445. The highest BCUT2D eigenvalue weighted by Crippen LogP contribution is 2.29. The van der Waals surface area contributed by atoms with Crippen LogP contribution in [0.15, 0.2) is 18.2 Å². The molecule has 0 unspecified atom stereocenters. The predicted octanol–water partition coefficient (Wildman–Crippen LogP) is 4.64. The Labute approximate surface area is 139 Å². The van der Waals surface area contributed by atoms with Crippen molar-refractivity contribution in [3.8, 4) is 0 Å². The van der Waals surface area contributed by atoms with Crippen molar-refractivity contribution in [1.82, 2.24) is 9.78 Å². The molecule has 0 saturated heterocycles. The van der Waals surface area contributed by atoms with Crippen LogP contribution in [-0.4, -0.2) is 14.9 Å². The van der Waals surface area contributed by atoms with Crippen LogP contribution in [0.1, 0.15) is 18.3 Å². The van der Waals surface area contributed by atoms with Crippen LogP contribution in [0.5, 0.6) is 0 Å². The first-order chi connectivity index (χ1) is 9.93. The van der Waals surface area contributed by atoms with Crippen LogP contribution < -0.4 is 10.6 Å². The average Bonchev–Trinajstić information content (AvgIpc) is 2.71. The van der Waals surface area contributed by atoms with Gasteiger partial charge >= 0.3 is 0 Å². The third-order valence-corrected chi connectivity index (χ3v) is 4.14. The minimum Gasteiger partial charge on any atom is -0.331 e. The molecule has 1 heterocycles. The molecule has 7 heteroatoms. The lowest BCUT2D eigenvalue weighted by Crippen LogP contribution is -2.20. The normalized spacial score (nSPS) is 10.5. The maximum absolute atomic E-state index is 6.13. The second kappa shape index (κ2) is 6.64. The van der Waals surface area contributed by atoms with E-state index in [-0.39, 0.29) is 0 Å². The van der Waals surface area contributed by atoms with Crippen molar-refractivity contribution in [3.05, 3.63) is 39.6 Å². The van der Waals surface area contributed by atoms with Crippen LogP contribution in [0.25, 0.3) is 0 Å². The van der Waals surface area contributed by atoms with Crippen LogP contribution in [0, 0.1) is 13.8 Å². The Morgan fingerprint density at radius 1 is 1.29 bits per heavy atom. The van der Waals surface area contributed by atoms with Gasteiger partial charge in [0.15, 0.2) is 5.11 Å². The van der Waals surface area contributed by atoms with Crippen LogP contribution in [0.4, 0.5) is 11.4 Å². The van der Waals surface area contributed by atoms with Crippen LogP contribution in [0.3, 0.4) is 0 Å². The van der Waals surface area contributed by atoms with Gasteiger partial charge in [-0.2, -0.15) is 5.10 Å². The fourth-order valence-corrected chi connectivity index (χ4v) is 2.61. The fraction of sp³-hybridized carbons (Fsp3) is 0.286. The number of thiocarbonyl (C=S) groups is 1. The van der Waals surface area contributed by atoms with Gasteiger partial charge in [-0.3, -0.25) is 4.68 Å². The molecule has 2 N–H and O–H groups in total. The molecule has 0 aliphatic rings. The molecule has 2 rings (SSSR count). The van der Waals surface area contributed by atoms with Crippen molar-refractivity contribution in [3.63, 3.8) is 0 Å². The number of hydrogen-bond donors (Lipinski definition) is 2. The summed E-state index contributed by atoms with van der Waals surface area (Å²) in [6.45, 7) is 6.80. The molecule has 1 aromatic carbocycles. The zero-order valence-corrected chi connectivity index (χ0v) is 14.3. The monoisotopic (exact) mass is 342 g/mol. The van der Waals surface area contributed by atoms with Gasteiger partial charge in [0.25, 0.3) is 0 Å². The van der Waals surface area contributed by atoms with Crippen LogP contribution >= 0.6 is 35.4 Å². The first kappa shape index (κ1) is 16.1. The largest absolute Gasteiger partial charge is 0.331 e. The van der Waals surface area contributed by atoms with Gasteiger partial charge in [0, 0.05) is 6.54 Å². The number of halogens is 2. The highest BCUT2D eigenvalue weighted by atomic mass is 35.5. The van der Waals surface area contributed by atoms with Crippen molar-refractivity contribution >= 4 is 51.9 Å². The third kappa shape index (κ3) is 3.48. The molecule has 0 saturated carbocycles. The molecular weight excluding hydrogens is 327 g/mol. The second-order valence-electron chi connectivity index (χ2n) is 4.54. The second-order valence-corrected chi connectivity index (χ2v) is 5.74. The van der Waals surface area contributed by atoms with Gasteiger partial charge in [0.2, 0.25) is 0 Å². The quantitative estimate of drug-likeness (QED) is 0.797. The highest BCUT2D eigenvalue weighted by Gasteiger charge is 2.12. The molecule has 0 atom stereocenters. The van der Waals surface area contributed by atoms with E-state index in [1.54, 1.807) is 6.07 Å². The third-order valence-electron chi connectivity index (χ3n) is 3.12. The van der Waals surface area contributed by atoms with E-state index >= 15 is 0 Å². The number of aromatic nitrogens is 2. The van der Waals surface area contributed by atoms with Gasteiger partial charge in [-0.05, 0) is 45.1 Å². The summed E-state index contributed by atoms with van der Waals surface area (Å²) in [7, 11) is 0. The van der Waals surface area contributed by atoms with Gasteiger partial charge in [-0.25, -0.2) is 0 Å². The first-order valence-electron chi connectivity index (χ1n) is 6.50. The van der Waals surface area contributed by atoms with Crippen molar-refractivity contribution in [2.75, 3.05) is 10.6 Å². The van der Waals surface area contributed by atoms with Crippen molar-refractivity contribution in [2.45, 2.75) is 27.3 Å². The van der Waals surface area contributed by atoms with Gasteiger partial charge in [0.05, 0.1) is 32.8 Å². The van der Waals surface area contributed by atoms with Gasteiger partial charge in [-0.15, -0.1) is 0 Å². The Kier molecular flexibility index (Phi) is 5.08. The standard InChI is InChI=1S/C14H16Cl2N4S/c1-4-20-9(3)13(8(2)19-20)18-14(21)17-11-7-5-6-10(15)12(11)16/h5-7H,4H2,1-3H3,(H2,17,18,21). The maximum atomic E-state index is 6.13. The van der Waals surface area contributed by atoms with Crippen LogP contribution in [-0.2, 0) is 6.54 Å². The summed E-state index contributed by atoms with van der Waals surface area (Å²) >= 11 is 17.4. The molecule has 0 spiro atoms. The van der Waals surface area contributed by atoms with E-state index in [1.165, 1.54) is 0 Å². The van der Waals surface area contributed by atoms with Crippen molar-refractivity contribution in [1.29, 1.82) is 0 Å². The molecule has 1 aromatic heterocycles. The van der Waals surface area contributed by atoms with Crippen LogP contribution in [0.2, 0.25) is 10.0 Å². The van der Waals surface area contributed by atoms with Gasteiger partial charge in [-0.1, -0.05) is 29.3 Å². The summed E-state index contributed by atoms with van der Waals surface area (Å²) in [6, 6.07) is 5.35. The number of rotatable bonds is 3. The summed E-state index contributed by atoms with van der Waals surface area (Å²) < 4.78 is 1.92. The van der Waals surface area contributed by atoms with E-state index in [4.69, 9.17) is 35.4 Å². The van der Waals surface area contributed by atoms with E-state index < -0.39 is 0 Å². The Morgan fingerprint density at radius 3 is 2.62 bits per heavy atom. The molecular formula is C14H16Cl2N4S. The average molecular weight is 343 g/mol. The number of nitrogens with one attached hydrogen (secondary N) is 2. The topological polar surface area (TPSA) is 41.9 Å². The van der Waals surface area contributed by atoms with Gasteiger partial charge < -0.3 is 10.6 Å². The first-order valence-corrected chi connectivity index (χ1v) is 7.66. The number of benzene rings is 1. The van der Waals surface area contributed by atoms with E-state index in [1.807, 2.05) is 37.6 Å². The van der Waals surface area contributed by atoms with E-state index in [0.717, 1.165) is 23.6 Å². The Hall–Kier alpha value is -1.30. The van der Waals surface area contributed by atoms with Crippen molar-refractivity contribution in [2.24, 2.45) is 0 Å². The van der Waals surface area contributed by atoms with E-state index in [2.05, 4.69) is 15.7 Å². The summed E-state index contributed by atoms with van der Waals surface area (Å²) in [6.07, 6.45) is 0. The number of nitrogens with zero attached hydrogens (tertiary/aromatic N) is 2. The molecule has 4 nitrogen and oxygen atoms in total. The summed E-state index contributed by atoms with van der Waals surface area (Å²) in [5.74, 6) is 0. The molecule has 21 heavy (non-hydrogen) atoms. The van der Waals surface area contributed by atoms with Crippen molar-refractivity contribution < 1.29 is 0 Å². The lowest BCUT2D eigenvalue weighted by molar-refractivity contribution is 0.634. The lowest BCUT2D eigenvalue weighted by atomic mass is 10.3. The molecule has 2 aromatic rings. The molecule has 0 aliphatic carbocycles. The minimum atomic E-state index is 0.445. The summed E-state index contributed by atoms with van der Waals surface area (Å²) in [5.41, 5.74) is 3.51. The predicted molar refractivity (Wildman–Crippen MR) is 93.7 cm³/mol. The smallest absolute Gasteiger partial charge is 0.175 e. The zero-order valence-electron chi connectivity index (χ0n) is 12.0. The van der Waals surface area contributed by atoms with E-state index in [9.17, 15) is 0 Å². The molecule has 0 bridgehead atoms. The Bertz CT molecular complexity index is 682. The number of anilines is 2. The summed E-state index contributed by atoms with van der Waals surface area (Å²) in [4.78, 5) is 0. The molecule has 112 valence electrons.